The smallest absolute Gasteiger partial charge is 0.311 e. The van der Waals surface area contributed by atoms with Gasteiger partial charge < -0.3 is 9.84 Å². The predicted octanol–water partition coefficient (Wildman–Crippen LogP) is 1.98. The molecule has 0 aliphatic rings. The molecule has 134 valence electrons. The summed E-state index contributed by atoms with van der Waals surface area (Å²) in [5, 5.41) is 34.6. The molecule has 0 aromatic heterocycles. The first-order chi connectivity index (χ1) is 12.3. The maximum atomic E-state index is 12.1. The number of amides is 1. The van der Waals surface area contributed by atoms with Gasteiger partial charge in [0, 0.05) is 23.8 Å². The van der Waals surface area contributed by atoms with Crippen LogP contribution in [0.5, 0.6) is 11.5 Å². The van der Waals surface area contributed by atoms with E-state index in [1.54, 1.807) is 0 Å². The summed E-state index contributed by atoms with van der Waals surface area (Å²) in [5.74, 6) is -1.16. The van der Waals surface area contributed by atoms with Crippen LogP contribution in [0.2, 0.25) is 0 Å². The molecule has 1 amide bonds. The normalized spacial score (nSPS) is 10.5. The second-order valence-corrected chi connectivity index (χ2v) is 4.85. The van der Waals surface area contributed by atoms with Crippen molar-refractivity contribution < 1.29 is 24.5 Å². The van der Waals surface area contributed by atoms with Crippen LogP contribution in [-0.4, -0.2) is 34.2 Å². The molecule has 0 atom stereocenters. The Morgan fingerprint density at radius 3 is 2.54 bits per heavy atom. The summed E-state index contributed by atoms with van der Waals surface area (Å²) in [4.78, 5) is 32.3. The molecule has 0 heterocycles. The van der Waals surface area contributed by atoms with Crippen molar-refractivity contribution in [3.05, 3.63) is 67.8 Å². The molecule has 0 saturated heterocycles. The highest BCUT2D eigenvalue weighted by Gasteiger charge is 2.17. The lowest BCUT2D eigenvalue weighted by molar-refractivity contribution is -0.385. The zero-order valence-corrected chi connectivity index (χ0v) is 13.3. The number of nitro benzene ring substituents is 2. The second kappa shape index (κ2) is 7.70. The number of carbonyl (C=O) groups excluding carboxylic acids is 1. The SMILES string of the molecule is COc1ccc([N+](=O)[O-])cc1C(=O)N/N=C\c1ccc(O)c([N+](=O)[O-])c1. The van der Waals surface area contributed by atoms with Crippen LogP contribution in [0.4, 0.5) is 11.4 Å². The third kappa shape index (κ3) is 4.08. The van der Waals surface area contributed by atoms with Gasteiger partial charge in [0.25, 0.3) is 11.6 Å². The van der Waals surface area contributed by atoms with Crippen molar-refractivity contribution in [2.24, 2.45) is 5.10 Å². The Hall–Kier alpha value is -4.02. The summed E-state index contributed by atoms with van der Waals surface area (Å²) in [6, 6.07) is 7.04. The van der Waals surface area contributed by atoms with E-state index in [2.05, 4.69) is 10.5 Å². The van der Waals surface area contributed by atoms with Crippen LogP contribution in [-0.2, 0) is 0 Å². The van der Waals surface area contributed by atoms with Crippen LogP contribution in [0, 0.1) is 20.2 Å². The van der Waals surface area contributed by atoms with E-state index >= 15 is 0 Å². The fourth-order valence-corrected chi connectivity index (χ4v) is 1.98. The van der Waals surface area contributed by atoms with Crippen LogP contribution in [0.1, 0.15) is 15.9 Å². The second-order valence-electron chi connectivity index (χ2n) is 4.85. The van der Waals surface area contributed by atoms with Crippen molar-refractivity contribution in [1.29, 1.82) is 0 Å². The molecule has 0 bridgehead atoms. The van der Waals surface area contributed by atoms with E-state index in [1.165, 1.54) is 25.3 Å². The molecule has 0 aliphatic carbocycles. The molecule has 0 saturated carbocycles. The van der Waals surface area contributed by atoms with E-state index in [1.807, 2.05) is 0 Å². The number of benzene rings is 2. The fraction of sp³-hybridized carbons (Fsp3) is 0.0667. The summed E-state index contributed by atoms with van der Waals surface area (Å²) in [5.41, 5.74) is 1.49. The molecule has 11 nitrogen and oxygen atoms in total. The molecule has 2 aromatic carbocycles. The number of methoxy groups -OCH3 is 1. The zero-order chi connectivity index (χ0) is 19.3. The number of rotatable bonds is 6. The number of phenols is 1. The van der Waals surface area contributed by atoms with Gasteiger partial charge in [0.1, 0.15) is 5.75 Å². The number of hydrogen-bond donors (Lipinski definition) is 2. The largest absolute Gasteiger partial charge is 0.502 e. The van der Waals surface area contributed by atoms with E-state index in [9.17, 15) is 30.1 Å². The Balaban J connectivity index is 2.19. The number of ether oxygens (including phenoxy) is 1. The van der Waals surface area contributed by atoms with Gasteiger partial charge in [0.05, 0.1) is 28.7 Å². The maximum Gasteiger partial charge on any atom is 0.311 e. The summed E-state index contributed by atoms with van der Waals surface area (Å²) < 4.78 is 4.98. The minimum atomic E-state index is -0.768. The molecule has 2 N–H and O–H groups in total. The average Bonchev–Trinajstić information content (AvgIpc) is 2.62. The number of nitro groups is 2. The van der Waals surface area contributed by atoms with Gasteiger partial charge in [-0.15, -0.1) is 0 Å². The fourth-order valence-electron chi connectivity index (χ4n) is 1.98. The summed E-state index contributed by atoms with van der Waals surface area (Å²) in [7, 11) is 1.30. The average molecular weight is 360 g/mol. The van der Waals surface area contributed by atoms with Crippen LogP contribution in [0.3, 0.4) is 0 Å². The molecule has 26 heavy (non-hydrogen) atoms. The van der Waals surface area contributed by atoms with Gasteiger partial charge in [-0.2, -0.15) is 5.10 Å². The van der Waals surface area contributed by atoms with Gasteiger partial charge in [-0.25, -0.2) is 5.43 Å². The number of phenolic OH excluding ortho intramolecular Hbond substituents is 1. The van der Waals surface area contributed by atoms with E-state index in [-0.39, 0.29) is 22.6 Å². The number of aromatic hydroxyl groups is 1. The Bertz CT molecular complexity index is 911. The molecular formula is C15H12N4O7. The quantitative estimate of drug-likeness (QED) is 0.453. The van der Waals surface area contributed by atoms with Crippen LogP contribution < -0.4 is 10.2 Å². The first kappa shape index (κ1) is 18.3. The highest BCUT2D eigenvalue weighted by Crippen LogP contribution is 2.26. The van der Waals surface area contributed by atoms with Crippen LogP contribution >= 0.6 is 0 Å². The summed E-state index contributed by atoms with van der Waals surface area (Å²) >= 11 is 0. The molecule has 2 rings (SSSR count). The van der Waals surface area contributed by atoms with Crippen LogP contribution in [0.15, 0.2) is 41.5 Å². The van der Waals surface area contributed by atoms with Gasteiger partial charge in [-0.1, -0.05) is 0 Å². The molecule has 11 heteroatoms. The van der Waals surface area contributed by atoms with Crippen molar-refractivity contribution in [3.63, 3.8) is 0 Å². The predicted molar refractivity (Wildman–Crippen MR) is 89.5 cm³/mol. The van der Waals surface area contributed by atoms with Crippen molar-refractivity contribution in [3.8, 4) is 11.5 Å². The van der Waals surface area contributed by atoms with Crippen molar-refractivity contribution in [1.82, 2.24) is 5.43 Å². The monoisotopic (exact) mass is 360 g/mol. The van der Waals surface area contributed by atoms with Gasteiger partial charge in [-0.05, 0) is 18.2 Å². The lowest BCUT2D eigenvalue weighted by Crippen LogP contribution is -2.18. The maximum absolute atomic E-state index is 12.1. The van der Waals surface area contributed by atoms with Gasteiger partial charge in [0.15, 0.2) is 5.75 Å². The van der Waals surface area contributed by atoms with Gasteiger partial charge in [-0.3, -0.25) is 25.0 Å². The van der Waals surface area contributed by atoms with Crippen molar-refractivity contribution in [2.45, 2.75) is 0 Å². The number of hydrogen-bond acceptors (Lipinski definition) is 8. The third-order valence-corrected chi connectivity index (χ3v) is 3.21. The Morgan fingerprint density at radius 1 is 1.19 bits per heavy atom. The van der Waals surface area contributed by atoms with Crippen molar-refractivity contribution >= 4 is 23.5 Å². The van der Waals surface area contributed by atoms with Gasteiger partial charge >= 0.3 is 5.69 Å². The Labute approximate surface area is 145 Å². The van der Waals surface area contributed by atoms with E-state index in [0.29, 0.717) is 0 Å². The molecule has 0 unspecified atom stereocenters. The van der Waals surface area contributed by atoms with Gasteiger partial charge in [0.2, 0.25) is 0 Å². The standard InChI is InChI=1S/C15H12N4O7/c1-26-14-5-3-10(18(22)23)7-11(14)15(21)17-16-8-9-2-4-13(20)12(6-9)19(24)25/h2-8,20H,1H3,(H,17,21)/b16-8-. The van der Waals surface area contributed by atoms with E-state index in [0.717, 1.165) is 24.4 Å². The molecule has 0 spiro atoms. The number of nitrogens with one attached hydrogen (secondary N) is 1. The first-order valence-corrected chi connectivity index (χ1v) is 6.96. The molecule has 0 radical (unpaired) electrons. The summed E-state index contributed by atoms with van der Waals surface area (Å²) in [6.07, 6.45) is 1.12. The zero-order valence-electron chi connectivity index (χ0n) is 13.3. The van der Waals surface area contributed by atoms with E-state index < -0.39 is 27.2 Å². The molecular weight excluding hydrogens is 348 g/mol. The lowest BCUT2D eigenvalue weighted by Gasteiger charge is -2.06. The summed E-state index contributed by atoms with van der Waals surface area (Å²) in [6.45, 7) is 0. The molecule has 2 aromatic rings. The molecule has 0 fully saturated rings. The van der Waals surface area contributed by atoms with Crippen LogP contribution in [0.25, 0.3) is 0 Å². The number of hydrazone groups is 1. The topological polar surface area (TPSA) is 157 Å². The number of carbonyl (C=O) groups is 1. The highest BCUT2D eigenvalue weighted by molar-refractivity contribution is 5.98. The van der Waals surface area contributed by atoms with Crippen molar-refractivity contribution in [2.75, 3.05) is 7.11 Å². The number of non-ortho nitro benzene ring substituents is 1. The minimum Gasteiger partial charge on any atom is -0.502 e. The minimum absolute atomic E-state index is 0.101. The highest BCUT2D eigenvalue weighted by atomic mass is 16.6. The molecule has 0 aliphatic heterocycles. The lowest BCUT2D eigenvalue weighted by atomic mass is 10.1. The van der Waals surface area contributed by atoms with E-state index in [4.69, 9.17) is 4.74 Å². The third-order valence-electron chi connectivity index (χ3n) is 3.21. The number of nitrogens with zero attached hydrogens (tertiary/aromatic N) is 3. The Kier molecular flexibility index (Phi) is 5.43. The Morgan fingerprint density at radius 2 is 1.92 bits per heavy atom. The first-order valence-electron chi connectivity index (χ1n) is 6.96.